The van der Waals surface area contributed by atoms with Crippen LogP contribution in [-0.2, 0) is 4.79 Å². The Morgan fingerprint density at radius 3 is 2.71 bits per heavy atom. The maximum absolute atomic E-state index is 12.4. The predicted octanol–water partition coefficient (Wildman–Crippen LogP) is 4.46. The lowest BCUT2D eigenvalue weighted by molar-refractivity contribution is -0.126. The van der Waals surface area contributed by atoms with Crippen LogP contribution in [0.2, 0.25) is 0 Å². The van der Waals surface area contributed by atoms with E-state index in [1.54, 1.807) is 0 Å². The van der Waals surface area contributed by atoms with Gasteiger partial charge in [0.15, 0.2) is 0 Å². The van der Waals surface area contributed by atoms with Crippen molar-refractivity contribution in [3.05, 3.63) is 36.5 Å². The molecule has 0 saturated carbocycles. The van der Waals surface area contributed by atoms with Crippen LogP contribution < -0.4 is 0 Å². The van der Waals surface area contributed by atoms with Crippen LogP contribution in [0, 0.1) is 11.8 Å². The lowest BCUT2D eigenvalue weighted by atomic mass is 9.82. The smallest absolute Gasteiger partial charge is 0.139 e. The summed E-state index contributed by atoms with van der Waals surface area (Å²) >= 11 is 0. The molecule has 0 saturated heterocycles. The molecule has 0 aliphatic heterocycles. The molecule has 2 atom stereocenters. The molecule has 1 nitrogen and oxygen atoms in total. The van der Waals surface area contributed by atoms with Crippen molar-refractivity contribution in [3.63, 3.8) is 0 Å². The maximum atomic E-state index is 12.4. The zero-order chi connectivity index (χ0) is 12.7. The number of carbonyl (C=O) groups is 1. The standard InChI is InChI=1S/C16H24O/c1-4-8-14(12-11-13(2)3)16(17)15-9-6-5-7-10-15/h4-6,11,14-15H,1,7-10,12H2,2-3H3. The van der Waals surface area contributed by atoms with Gasteiger partial charge in [0.1, 0.15) is 5.78 Å². The van der Waals surface area contributed by atoms with Gasteiger partial charge in [-0.2, -0.15) is 0 Å². The maximum Gasteiger partial charge on any atom is 0.139 e. The molecule has 2 unspecified atom stereocenters. The van der Waals surface area contributed by atoms with E-state index in [0.29, 0.717) is 5.78 Å². The van der Waals surface area contributed by atoms with E-state index in [4.69, 9.17) is 0 Å². The molecular formula is C16H24O. The molecule has 0 heterocycles. The number of hydrogen-bond donors (Lipinski definition) is 0. The number of rotatable bonds is 6. The third-order valence-electron chi connectivity index (χ3n) is 3.34. The summed E-state index contributed by atoms with van der Waals surface area (Å²) in [6.45, 7) is 7.93. The minimum absolute atomic E-state index is 0.138. The lowest BCUT2D eigenvalue weighted by Crippen LogP contribution is -2.24. The summed E-state index contributed by atoms with van der Waals surface area (Å²) in [4.78, 5) is 12.4. The SMILES string of the molecule is C=CCC(CC=C(C)C)C(=O)C1CC=CCC1. The second-order valence-corrected chi connectivity index (χ2v) is 5.12. The van der Waals surface area contributed by atoms with Crippen molar-refractivity contribution < 1.29 is 4.79 Å². The van der Waals surface area contributed by atoms with Crippen molar-refractivity contribution in [2.45, 2.75) is 46.0 Å². The Hall–Kier alpha value is -1.11. The van der Waals surface area contributed by atoms with Crippen molar-refractivity contribution in [1.29, 1.82) is 0 Å². The van der Waals surface area contributed by atoms with Gasteiger partial charge in [0.25, 0.3) is 0 Å². The summed E-state index contributed by atoms with van der Waals surface area (Å²) < 4.78 is 0. The Bertz CT molecular complexity index is 318. The van der Waals surface area contributed by atoms with Crippen LogP contribution in [-0.4, -0.2) is 5.78 Å². The van der Waals surface area contributed by atoms with Crippen molar-refractivity contribution in [1.82, 2.24) is 0 Å². The van der Waals surface area contributed by atoms with E-state index in [2.05, 4.69) is 38.7 Å². The summed E-state index contributed by atoms with van der Waals surface area (Å²) in [6, 6.07) is 0. The van der Waals surface area contributed by atoms with E-state index in [0.717, 1.165) is 32.1 Å². The molecule has 0 aromatic carbocycles. The second kappa shape index (κ2) is 7.26. The van der Waals surface area contributed by atoms with Crippen LogP contribution in [0.3, 0.4) is 0 Å². The number of hydrogen-bond acceptors (Lipinski definition) is 1. The first-order valence-electron chi connectivity index (χ1n) is 6.58. The van der Waals surface area contributed by atoms with Crippen LogP contribution in [0.15, 0.2) is 36.5 Å². The van der Waals surface area contributed by atoms with Gasteiger partial charge in [0.2, 0.25) is 0 Å². The predicted molar refractivity (Wildman–Crippen MR) is 73.8 cm³/mol. The first-order chi connectivity index (χ1) is 8.15. The first-order valence-corrected chi connectivity index (χ1v) is 6.58. The number of Topliss-reactive ketones (excluding diaryl/α,β-unsaturated/α-hetero) is 1. The number of allylic oxidation sites excluding steroid dienone is 5. The fraction of sp³-hybridized carbons (Fsp3) is 0.562. The minimum atomic E-state index is 0.138. The Balaban J connectivity index is 2.61. The van der Waals surface area contributed by atoms with Gasteiger partial charge in [0.05, 0.1) is 0 Å². The average molecular weight is 232 g/mol. The summed E-state index contributed by atoms with van der Waals surface area (Å²) in [7, 11) is 0. The molecule has 1 aliphatic carbocycles. The van der Waals surface area contributed by atoms with Crippen LogP contribution in [0.1, 0.15) is 46.0 Å². The molecule has 17 heavy (non-hydrogen) atoms. The van der Waals surface area contributed by atoms with Gasteiger partial charge in [-0.25, -0.2) is 0 Å². The van der Waals surface area contributed by atoms with Gasteiger partial charge in [-0.1, -0.05) is 29.9 Å². The normalized spacial score (nSPS) is 20.7. The molecule has 0 spiro atoms. The fourth-order valence-corrected chi connectivity index (χ4v) is 2.29. The van der Waals surface area contributed by atoms with Crippen molar-refractivity contribution in [2.24, 2.45) is 11.8 Å². The van der Waals surface area contributed by atoms with Crippen molar-refractivity contribution in [3.8, 4) is 0 Å². The molecule has 0 bridgehead atoms. The van der Waals surface area contributed by atoms with E-state index >= 15 is 0 Å². The van der Waals surface area contributed by atoms with Crippen LogP contribution in [0.25, 0.3) is 0 Å². The van der Waals surface area contributed by atoms with E-state index in [1.165, 1.54) is 5.57 Å². The topological polar surface area (TPSA) is 17.1 Å². The number of ketones is 1. The van der Waals surface area contributed by atoms with E-state index in [-0.39, 0.29) is 11.8 Å². The summed E-state index contributed by atoms with van der Waals surface area (Å²) in [5.41, 5.74) is 1.29. The largest absolute Gasteiger partial charge is 0.299 e. The number of carbonyl (C=O) groups excluding carboxylic acids is 1. The third kappa shape index (κ3) is 4.72. The average Bonchev–Trinajstić information content (AvgIpc) is 2.34. The van der Waals surface area contributed by atoms with Gasteiger partial charge in [-0.3, -0.25) is 4.79 Å². The zero-order valence-electron chi connectivity index (χ0n) is 11.1. The van der Waals surface area contributed by atoms with Crippen LogP contribution >= 0.6 is 0 Å². The Labute approximate surface area is 105 Å². The first kappa shape index (κ1) is 14.0. The molecule has 0 radical (unpaired) electrons. The van der Waals surface area contributed by atoms with Crippen LogP contribution in [0.4, 0.5) is 0 Å². The molecule has 0 aromatic heterocycles. The zero-order valence-corrected chi connectivity index (χ0v) is 11.1. The van der Waals surface area contributed by atoms with Crippen molar-refractivity contribution >= 4 is 5.78 Å². The van der Waals surface area contributed by atoms with Gasteiger partial charge >= 0.3 is 0 Å². The quantitative estimate of drug-likeness (QED) is 0.618. The highest BCUT2D eigenvalue weighted by atomic mass is 16.1. The Kier molecular flexibility index (Phi) is 5.96. The Morgan fingerprint density at radius 2 is 2.18 bits per heavy atom. The molecular weight excluding hydrogens is 208 g/mol. The molecule has 0 amide bonds. The molecule has 94 valence electrons. The molecule has 1 heteroatoms. The van der Waals surface area contributed by atoms with Gasteiger partial charge < -0.3 is 0 Å². The van der Waals surface area contributed by atoms with Gasteiger partial charge in [0, 0.05) is 11.8 Å². The molecule has 1 rings (SSSR count). The molecule has 0 N–H and O–H groups in total. The highest BCUT2D eigenvalue weighted by Crippen LogP contribution is 2.26. The van der Waals surface area contributed by atoms with Gasteiger partial charge in [-0.15, -0.1) is 6.58 Å². The monoisotopic (exact) mass is 232 g/mol. The highest BCUT2D eigenvalue weighted by molar-refractivity contribution is 5.84. The molecule has 0 aromatic rings. The fourth-order valence-electron chi connectivity index (χ4n) is 2.29. The van der Waals surface area contributed by atoms with E-state index < -0.39 is 0 Å². The van der Waals surface area contributed by atoms with Crippen molar-refractivity contribution in [2.75, 3.05) is 0 Å². The molecule has 0 fully saturated rings. The second-order valence-electron chi connectivity index (χ2n) is 5.12. The Morgan fingerprint density at radius 1 is 1.41 bits per heavy atom. The minimum Gasteiger partial charge on any atom is -0.299 e. The van der Waals surface area contributed by atoms with Crippen LogP contribution in [0.5, 0.6) is 0 Å². The summed E-state index contributed by atoms with van der Waals surface area (Å²) in [6.07, 6.45) is 13.1. The summed E-state index contributed by atoms with van der Waals surface area (Å²) in [5.74, 6) is 0.821. The van der Waals surface area contributed by atoms with E-state index in [1.807, 2.05) is 6.08 Å². The lowest BCUT2D eigenvalue weighted by Gasteiger charge is -2.21. The molecule has 1 aliphatic rings. The third-order valence-corrected chi connectivity index (χ3v) is 3.34. The van der Waals surface area contributed by atoms with Gasteiger partial charge in [-0.05, 0) is 46.0 Å². The van der Waals surface area contributed by atoms with E-state index in [9.17, 15) is 4.79 Å². The summed E-state index contributed by atoms with van der Waals surface area (Å²) in [5, 5.41) is 0. The highest BCUT2D eigenvalue weighted by Gasteiger charge is 2.25.